The van der Waals surface area contributed by atoms with E-state index in [4.69, 9.17) is 19.0 Å². The van der Waals surface area contributed by atoms with Crippen molar-refractivity contribution in [1.29, 1.82) is 0 Å². The van der Waals surface area contributed by atoms with Gasteiger partial charge in [0, 0.05) is 37.9 Å². The molecule has 3 aliphatic heterocycles. The maximum atomic E-state index is 12.7. The minimum atomic E-state index is -0.555. The summed E-state index contributed by atoms with van der Waals surface area (Å²) in [4.78, 5) is 20.0. The average Bonchev–Trinajstić information content (AvgIpc) is 3.32. The van der Waals surface area contributed by atoms with E-state index in [9.17, 15) is 4.79 Å². The van der Waals surface area contributed by atoms with Gasteiger partial charge >= 0.3 is 0 Å². The first-order valence-corrected chi connectivity index (χ1v) is 8.63. The summed E-state index contributed by atoms with van der Waals surface area (Å²) in [6.45, 7) is 2.51. The predicted molar refractivity (Wildman–Crippen MR) is 89.5 cm³/mol. The Bertz CT molecular complexity index is 674. The summed E-state index contributed by atoms with van der Waals surface area (Å²) < 4.78 is 16.6. The minimum absolute atomic E-state index is 0.0190. The van der Waals surface area contributed by atoms with Crippen molar-refractivity contribution < 1.29 is 23.8 Å². The summed E-state index contributed by atoms with van der Waals surface area (Å²) in [6.07, 6.45) is 1.32. The number of rotatable bonds is 3. The first-order chi connectivity index (χ1) is 12.2. The lowest BCUT2D eigenvalue weighted by Gasteiger charge is -2.38. The van der Waals surface area contributed by atoms with E-state index < -0.39 is 11.9 Å². The van der Waals surface area contributed by atoms with Crippen molar-refractivity contribution in [3.8, 4) is 5.75 Å². The normalized spacial score (nSPS) is 24.9. The molecule has 0 aromatic heterocycles. The van der Waals surface area contributed by atoms with Crippen LogP contribution in [0.15, 0.2) is 29.4 Å². The molecule has 0 aliphatic carbocycles. The highest BCUT2D eigenvalue weighted by molar-refractivity contribution is 6.04. The summed E-state index contributed by atoms with van der Waals surface area (Å²) in [5.41, 5.74) is 1.69. The number of carbonyl (C=O) groups excluding carboxylic acids is 1. The number of hydrogen-bond acceptors (Lipinski definition) is 6. The molecule has 1 amide bonds. The number of likely N-dealkylation sites (tertiary alicyclic amines) is 1. The molecule has 1 aromatic carbocycles. The van der Waals surface area contributed by atoms with E-state index in [1.54, 1.807) is 7.11 Å². The maximum Gasteiger partial charge on any atom is 0.266 e. The molecule has 7 nitrogen and oxygen atoms in total. The zero-order chi connectivity index (χ0) is 17.3. The fourth-order valence-corrected chi connectivity index (χ4v) is 3.54. The van der Waals surface area contributed by atoms with E-state index in [0.29, 0.717) is 45.6 Å². The first kappa shape index (κ1) is 16.4. The monoisotopic (exact) mass is 346 g/mol. The molecule has 3 heterocycles. The number of nitrogens with zero attached hydrogens (tertiary/aromatic N) is 2. The van der Waals surface area contributed by atoms with E-state index in [1.165, 1.54) is 0 Å². The van der Waals surface area contributed by atoms with Crippen molar-refractivity contribution in [2.24, 2.45) is 5.16 Å². The third kappa shape index (κ3) is 3.21. The van der Waals surface area contributed by atoms with Crippen LogP contribution in [-0.2, 0) is 19.1 Å². The van der Waals surface area contributed by atoms with Crippen LogP contribution in [0.3, 0.4) is 0 Å². The largest absolute Gasteiger partial charge is 0.497 e. The second kappa shape index (κ2) is 6.65. The van der Waals surface area contributed by atoms with Crippen LogP contribution in [0.1, 0.15) is 24.8 Å². The average molecular weight is 346 g/mol. The summed E-state index contributed by atoms with van der Waals surface area (Å²) in [5, 5.41) is 4.11. The van der Waals surface area contributed by atoms with Crippen LogP contribution in [0.2, 0.25) is 0 Å². The third-order valence-electron chi connectivity index (χ3n) is 5.00. The highest BCUT2D eigenvalue weighted by atomic mass is 16.7. The number of carbonyl (C=O) groups is 1. The lowest BCUT2D eigenvalue weighted by molar-refractivity contribution is -0.189. The molecule has 2 fully saturated rings. The fraction of sp³-hybridized carbons (Fsp3) is 0.556. The molecular formula is C18H22N2O5. The van der Waals surface area contributed by atoms with E-state index in [1.807, 2.05) is 29.2 Å². The second-order valence-corrected chi connectivity index (χ2v) is 6.50. The van der Waals surface area contributed by atoms with Crippen molar-refractivity contribution >= 4 is 11.6 Å². The fourth-order valence-electron chi connectivity index (χ4n) is 3.54. The van der Waals surface area contributed by atoms with Crippen LogP contribution < -0.4 is 4.74 Å². The summed E-state index contributed by atoms with van der Waals surface area (Å²) in [6, 6.07) is 7.61. The highest BCUT2D eigenvalue weighted by Crippen LogP contribution is 2.32. The topological polar surface area (TPSA) is 69.6 Å². The molecule has 1 spiro atoms. The molecule has 25 heavy (non-hydrogen) atoms. The zero-order valence-electron chi connectivity index (χ0n) is 14.3. The van der Waals surface area contributed by atoms with Gasteiger partial charge in [-0.2, -0.15) is 0 Å². The van der Waals surface area contributed by atoms with Gasteiger partial charge < -0.3 is 23.9 Å². The molecule has 2 saturated heterocycles. The number of oxime groups is 1. The minimum Gasteiger partial charge on any atom is -0.497 e. The number of ether oxygens (including phenoxy) is 3. The summed E-state index contributed by atoms with van der Waals surface area (Å²) in [7, 11) is 1.62. The van der Waals surface area contributed by atoms with Gasteiger partial charge in [0.2, 0.25) is 6.10 Å². The number of piperidine rings is 1. The molecule has 134 valence electrons. The Balaban J connectivity index is 1.35. The lowest BCUT2D eigenvalue weighted by atomic mass is 10.0. The van der Waals surface area contributed by atoms with Crippen molar-refractivity contribution in [2.45, 2.75) is 31.2 Å². The van der Waals surface area contributed by atoms with E-state index in [-0.39, 0.29) is 5.91 Å². The molecular weight excluding hydrogens is 324 g/mol. The Labute approximate surface area is 146 Å². The van der Waals surface area contributed by atoms with Crippen LogP contribution in [0.25, 0.3) is 0 Å². The molecule has 4 rings (SSSR count). The third-order valence-corrected chi connectivity index (χ3v) is 5.00. The van der Waals surface area contributed by atoms with Gasteiger partial charge in [0.25, 0.3) is 5.91 Å². The first-order valence-electron chi connectivity index (χ1n) is 8.63. The van der Waals surface area contributed by atoms with E-state index in [2.05, 4.69) is 5.16 Å². The summed E-state index contributed by atoms with van der Waals surface area (Å²) in [5.74, 6) is 0.262. The predicted octanol–water partition coefficient (Wildman–Crippen LogP) is 1.55. The Hall–Kier alpha value is -2.12. The molecule has 0 saturated carbocycles. The SMILES string of the molecule is COc1cccc(C2=NO[C@H](C(=O)N3CCC4(CC3)OCCO4)C2)c1. The van der Waals surface area contributed by atoms with Crippen LogP contribution in [0.4, 0.5) is 0 Å². The zero-order valence-corrected chi connectivity index (χ0v) is 14.3. The number of benzene rings is 1. The molecule has 7 heteroatoms. The van der Waals surface area contributed by atoms with Gasteiger partial charge in [-0.15, -0.1) is 0 Å². The van der Waals surface area contributed by atoms with Crippen molar-refractivity contribution in [2.75, 3.05) is 33.4 Å². The van der Waals surface area contributed by atoms with Crippen LogP contribution in [-0.4, -0.2) is 61.8 Å². The molecule has 1 aromatic rings. The van der Waals surface area contributed by atoms with Crippen molar-refractivity contribution in [1.82, 2.24) is 4.90 Å². The Morgan fingerprint density at radius 2 is 2.04 bits per heavy atom. The van der Waals surface area contributed by atoms with Gasteiger partial charge in [-0.25, -0.2) is 0 Å². The quantitative estimate of drug-likeness (QED) is 0.831. The summed E-state index contributed by atoms with van der Waals surface area (Å²) >= 11 is 0. The van der Waals surface area contributed by atoms with Gasteiger partial charge in [-0.1, -0.05) is 17.3 Å². The van der Waals surface area contributed by atoms with Gasteiger partial charge in [0.15, 0.2) is 5.79 Å². The molecule has 0 unspecified atom stereocenters. The van der Waals surface area contributed by atoms with E-state index >= 15 is 0 Å². The number of methoxy groups -OCH3 is 1. The smallest absolute Gasteiger partial charge is 0.266 e. The lowest BCUT2D eigenvalue weighted by Crippen LogP contribution is -2.50. The van der Waals surface area contributed by atoms with Gasteiger partial charge in [-0.3, -0.25) is 4.79 Å². The van der Waals surface area contributed by atoms with Gasteiger partial charge in [0.05, 0.1) is 26.0 Å². The Kier molecular flexibility index (Phi) is 4.35. The molecule has 0 bridgehead atoms. The van der Waals surface area contributed by atoms with Crippen molar-refractivity contribution in [3.63, 3.8) is 0 Å². The Morgan fingerprint density at radius 3 is 2.76 bits per heavy atom. The standard InChI is InChI=1S/C18H22N2O5/c1-22-14-4-2-3-13(11-14)15-12-16(25-19-15)17(21)20-7-5-18(6-8-20)23-9-10-24-18/h2-4,11,16H,5-10,12H2,1H3/t16-/m0/s1. The highest BCUT2D eigenvalue weighted by Gasteiger charge is 2.42. The molecule has 3 aliphatic rings. The van der Waals surface area contributed by atoms with Crippen LogP contribution >= 0.6 is 0 Å². The maximum absolute atomic E-state index is 12.7. The van der Waals surface area contributed by atoms with Gasteiger partial charge in [0.1, 0.15) is 5.75 Å². The number of hydrogen-bond donors (Lipinski definition) is 0. The number of amides is 1. The van der Waals surface area contributed by atoms with E-state index in [0.717, 1.165) is 17.0 Å². The molecule has 0 N–H and O–H groups in total. The second-order valence-electron chi connectivity index (χ2n) is 6.50. The van der Waals surface area contributed by atoms with Crippen LogP contribution in [0.5, 0.6) is 5.75 Å². The molecule has 0 radical (unpaired) electrons. The van der Waals surface area contributed by atoms with Gasteiger partial charge in [-0.05, 0) is 12.1 Å². The Morgan fingerprint density at radius 1 is 1.28 bits per heavy atom. The van der Waals surface area contributed by atoms with Crippen molar-refractivity contribution in [3.05, 3.63) is 29.8 Å². The molecule has 1 atom stereocenters. The van der Waals surface area contributed by atoms with Crippen LogP contribution in [0, 0.1) is 0 Å².